The molecule has 2 heterocycles. The molecule has 1 aromatic carbocycles. The maximum Gasteiger partial charge on any atom is 0.154 e. The highest BCUT2D eigenvalue weighted by molar-refractivity contribution is 5.28. The van der Waals surface area contributed by atoms with E-state index >= 15 is 0 Å². The van der Waals surface area contributed by atoms with Gasteiger partial charge < -0.3 is 9.88 Å². The zero-order valence-electron chi connectivity index (χ0n) is 12.1. The lowest BCUT2D eigenvalue weighted by Gasteiger charge is -2.25. The Hall–Kier alpha value is -1.68. The molecule has 3 atom stereocenters. The second kappa shape index (κ2) is 4.41. The number of nitrogens with one attached hydrogen (secondary N) is 1. The Morgan fingerprint density at radius 3 is 2.57 bits per heavy atom. The molecule has 3 unspecified atom stereocenters. The summed E-state index contributed by atoms with van der Waals surface area (Å²) in [6.07, 6.45) is 4.22. The normalized spacial score (nSPS) is 33.5. The first kappa shape index (κ1) is 11.9. The van der Waals surface area contributed by atoms with E-state index in [9.17, 15) is 0 Å². The van der Waals surface area contributed by atoms with Crippen LogP contribution in [-0.2, 0) is 6.54 Å². The van der Waals surface area contributed by atoms with Crippen molar-refractivity contribution < 1.29 is 0 Å². The lowest BCUT2D eigenvalue weighted by molar-refractivity contribution is 0.443. The van der Waals surface area contributed by atoms with E-state index in [4.69, 9.17) is 0 Å². The summed E-state index contributed by atoms with van der Waals surface area (Å²) in [7, 11) is 0. The molecule has 4 nitrogen and oxygen atoms in total. The fraction of sp³-hybridized carbons (Fsp3) is 0.529. The van der Waals surface area contributed by atoms with Gasteiger partial charge in [-0.2, -0.15) is 0 Å². The molecule has 2 saturated carbocycles. The Morgan fingerprint density at radius 1 is 1.00 bits per heavy atom. The van der Waals surface area contributed by atoms with E-state index in [2.05, 4.69) is 50.4 Å². The molecule has 1 N–H and O–H groups in total. The third-order valence-corrected chi connectivity index (χ3v) is 5.59. The van der Waals surface area contributed by atoms with Crippen LogP contribution in [0.2, 0.25) is 0 Å². The zero-order valence-corrected chi connectivity index (χ0v) is 12.1. The van der Waals surface area contributed by atoms with Crippen molar-refractivity contribution in [1.29, 1.82) is 0 Å². The summed E-state index contributed by atoms with van der Waals surface area (Å²) >= 11 is 0. The quantitative estimate of drug-likeness (QED) is 0.919. The SMILES string of the molecule is c1ccc(C2NCCn3c2nnc3C2C3CCCC32)cc1. The topological polar surface area (TPSA) is 42.7 Å². The minimum absolute atomic E-state index is 0.194. The van der Waals surface area contributed by atoms with Crippen LogP contribution in [0, 0.1) is 11.8 Å². The van der Waals surface area contributed by atoms with Crippen molar-refractivity contribution in [2.24, 2.45) is 11.8 Å². The highest BCUT2D eigenvalue weighted by atomic mass is 15.3. The molecule has 3 aliphatic rings. The van der Waals surface area contributed by atoms with Gasteiger partial charge in [0, 0.05) is 19.0 Å². The van der Waals surface area contributed by atoms with Crippen LogP contribution >= 0.6 is 0 Å². The summed E-state index contributed by atoms with van der Waals surface area (Å²) in [5, 5.41) is 12.7. The molecule has 4 heteroatoms. The van der Waals surface area contributed by atoms with Gasteiger partial charge in [0.15, 0.2) is 5.82 Å². The lowest BCUT2D eigenvalue weighted by Crippen LogP contribution is -2.35. The van der Waals surface area contributed by atoms with Gasteiger partial charge in [-0.3, -0.25) is 0 Å². The van der Waals surface area contributed by atoms with Gasteiger partial charge in [-0.05, 0) is 30.2 Å². The average Bonchev–Trinajstić information content (AvgIpc) is 2.94. The van der Waals surface area contributed by atoms with Crippen molar-refractivity contribution in [2.75, 3.05) is 6.54 Å². The second-order valence-corrected chi connectivity index (χ2v) is 6.65. The molecule has 5 rings (SSSR count). The van der Waals surface area contributed by atoms with E-state index in [1.54, 1.807) is 0 Å². The molecule has 2 aromatic rings. The standard InChI is InChI=1S/C17H20N4/c1-2-5-11(6-3-1)15-17-20-19-16(21(17)10-9-18-15)14-12-7-4-8-13(12)14/h1-3,5-6,12-15,18H,4,7-10H2. The summed E-state index contributed by atoms with van der Waals surface area (Å²) in [4.78, 5) is 0. The number of rotatable bonds is 2. The fourth-order valence-corrected chi connectivity index (χ4v) is 4.55. The van der Waals surface area contributed by atoms with Crippen LogP contribution in [0.4, 0.5) is 0 Å². The second-order valence-electron chi connectivity index (χ2n) is 6.65. The molecule has 1 aliphatic heterocycles. The van der Waals surface area contributed by atoms with Crippen molar-refractivity contribution in [1.82, 2.24) is 20.1 Å². The Bertz CT molecular complexity index is 653. The van der Waals surface area contributed by atoms with Gasteiger partial charge in [0.2, 0.25) is 0 Å². The summed E-state index contributed by atoms with van der Waals surface area (Å²) in [5.41, 5.74) is 1.29. The van der Waals surface area contributed by atoms with Crippen molar-refractivity contribution in [3.8, 4) is 0 Å². The maximum atomic E-state index is 4.59. The summed E-state index contributed by atoms with van der Waals surface area (Å²) < 4.78 is 2.40. The van der Waals surface area contributed by atoms with E-state index in [0.29, 0.717) is 5.92 Å². The highest BCUT2D eigenvalue weighted by Crippen LogP contribution is 2.62. The lowest BCUT2D eigenvalue weighted by atomic mass is 10.0. The van der Waals surface area contributed by atoms with Gasteiger partial charge in [-0.15, -0.1) is 10.2 Å². The Kier molecular flexibility index (Phi) is 2.50. The molecule has 0 amide bonds. The van der Waals surface area contributed by atoms with Gasteiger partial charge >= 0.3 is 0 Å². The van der Waals surface area contributed by atoms with Crippen molar-refractivity contribution in [2.45, 2.75) is 37.8 Å². The molecule has 2 fully saturated rings. The molecule has 1 aromatic heterocycles. The Balaban J connectivity index is 1.52. The molecular formula is C17H20N4. The van der Waals surface area contributed by atoms with Crippen LogP contribution in [0.5, 0.6) is 0 Å². The summed E-state index contributed by atoms with van der Waals surface area (Å²) in [5.74, 6) is 4.88. The monoisotopic (exact) mass is 280 g/mol. The van der Waals surface area contributed by atoms with E-state index in [1.165, 1.54) is 30.7 Å². The molecule has 21 heavy (non-hydrogen) atoms. The van der Waals surface area contributed by atoms with Gasteiger partial charge in [0.25, 0.3) is 0 Å². The number of benzene rings is 1. The first-order chi connectivity index (χ1) is 10.4. The highest BCUT2D eigenvalue weighted by Gasteiger charge is 2.55. The van der Waals surface area contributed by atoms with E-state index in [1.807, 2.05) is 0 Å². The largest absolute Gasteiger partial charge is 0.312 e. The maximum absolute atomic E-state index is 4.59. The third-order valence-electron chi connectivity index (χ3n) is 5.59. The number of hydrogen-bond donors (Lipinski definition) is 1. The number of aromatic nitrogens is 3. The van der Waals surface area contributed by atoms with Crippen molar-refractivity contribution in [3.63, 3.8) is 0 Å². The van der Waals surface area contributed by atoms with Gasteiger partial charge in [-0.1, -0.05) is 36.8 Å². The van der Waals surface area contributed by atoms with Gasteiger partial charge in [0.05, 0.1) is 6.04 Å². The Labute approximate surface area is 124 Å². The molecule has 0 bridgehead atoms. The van der Waals surface area contributed by atoms with Crippen LogP contribution < -0.4 is 5.32 Å². The minimum atomic E-state index is 0.194. The molecule has 0 radical (unpaired) electrons. The average molecular weight is 280 g/mol. The fourth-order valence-electron chi connectivity index (χ4n) is 4.55. The van der Waals surface area contributed by atoms with E-state index in [-0.39, 0.29) is 6.04 Å². The van der Waals surface area contributed by atoms with Crippen LogP contribution in [0.3, 0.4) is 0 Å². The first-order valence-electron chi connectivity index (χ1n) is 8.15. The van der Waals surface area contributed by atoms with Crippen LogP contribution in [-0.4, -0.2) is 21.3 Å². The Morgan fingerprint density at radius 2 is 1.76 bits per heavy atom. The first-order valence-corrected chi connectivity index (χ1v) is 8.15. The third kappa shape index (κ3) is 1.72. The van der Waals surface area contributed by atoms with E-state index in [0.717, 1.165) is 30.7 Å². The smallest absolute Gasteiger partial charge is 0.154 e. The predicted molar refractivity (Wildman–Crippen MR) is 79.9 cm³/mol. The van der Waals surface area contributed by atoms with Gasteiger partial charge in [0.1, 0.15) is 5.82 Å². The van der Waals surface area contributed by atoms with Crippen LogP contribution in [0.25, 0.3) is 0 Å². The summed E-state index contributed by atoms with van der Waals surface area (Å²) in [6.45, 7) is 2.01. The van der Waals surface area contributed by atoms with Gasteiger partial charge in [-0.25, -0.2) is 0 Å². The zero-order chi connectivity index (χ0) is 13.8. The van der Waals surface area contributed by atoms with Crippen molar-refractivity contribution in [3.05, 3.63) is 47.5 Å². The summed E-state index contributed by atoms with van der Waals surface area (Å²) in [6, 6.07) is 10.8. The minimum Gasteiger partial charge on any atom is -0.312 e. The molecule has 108 valence electrons. The molecular weight excluding hydrogens is 260 g/mol. The molecule has 0 saturated heterocycles. The number of hydrogen-bond acceptors (Lipinski definition) is 3. The van der Waals surface area contributed by atoms with Crippen LogP contribution in [0.1, 0.15) is 48.4 Å². The molecule has 2 aliphatic carbocycles. The van der Waals surface area contributed by atoms with E-state index < -0.39 is 0 Å². The number of nitrogens with zero attached hydrogens (tertiary/aromatic N) is 3. The predicted octanol–water partition coefficient (Wildman–Crippen LogP) is 2.48. The van der Waals surface area contributed by atoms with Crippen molar-refractivity contribution >= 4 is 0 Å². The van der Waals surface area contributed by atoms with Crippen LogP contribution in [0.15, 0.2) is 30.3 Å². The number of fused-ring (bicyclic) bond motifs is 2. The molecule has 0 spiro atoms.